The molecule has 1 saturated heterocycles. The van der Waals surface area contributed by atoms with Gasteiger partial charge in [0.15, 0.2) is 0 Å². The second-order valence-corrected chi connectivity index (χ2v) is 10.2. The number of rotatable bonds is 7. The van der Waals surface area contributed by atoms with Gasteiger partial charge in [-0.05, 0) is 0 Å². The molecule has 0 unspecified atom stereocenters. The Balaban J connectivity index is 1.79. The summed E-state index contributed by atoms with van der Waals surface area (Å²) < 4.78 is 13.9. The van der Waals surface area contributed by atoms with Crippen LogP contribution in [0.4, 0.5) is 0 Å². The van der Waals surface area contributed by atoms with E-state index in [1.165, 1.54) is 8.92 Å². The van der Waals surface area contributed by atoms with Crippen molar-refractivity contribution >= 4 is 44.8 Å². The molecular weight excluding hydrogens is 458 g/mol. The Morgan fingerprint density at radius 2 is 1.77 bits per heavy atom. The average molecular weight is 480 g/mol. The number of carbonyl (C=O) groups excluding carboxylic acids is 1. The SMILES string of the molecule is CCOC(=O)/C(=C/[Se]c1ccccc1)[C@@H]1CCO[C@H]1[Se]c1ccccc1. The van der Waals surface area contributed by atoms with Crippen LogP contribution < -0.4 is 8.92 Å². The summed E-state index contributed by atoms with van der Waals surface area (Å²) in [6.45, 7) is 2.96. The molecule has 0 aliphatic carbocycles. The van der Waals surface area contributed by atoms with E-state index in [1.54, 1.807) is 0 Å². The van der Waals surface area contributed by atoms with E-state index in [4.69, 9.17) is 9.47 Å². The molecule has 2 atom stereocenters. The molecule has 0 radical (unpaired) electrons. The molecule has 3 nitrogen and oxygen atoms in total. The van der Waals surface area contributed by atoms with Crippen LogP contribution in [0.2, 0.25) is 0 Å². The van der Waals surface area contributed by atoms with Gasteiger partial charge in [-0.3, -0.25) is 0 Å². The molecule has 0 amide bonds. The molecule has 136 valence electrons. The molecule has 3 rings (SSSR count). The van der Waals surface area contributed by atoms with E-state index < -0.39 is 0 Å². The fourth-order valence-electron chi connectivity index (χ4n) is 2.75. The maximum atomic E-state index is 12.6. The van der Waals surface area contributed by atoms with Crippen LogP contribution in [0.5, 0.6) is 0 Å². The average Bonchev–Trinajstić information content (AvgIpc) is 3.12. The van der Waals surface area contributed by atoms with Crippen molar-refractivity contribution < 1.29 is 14.3 Å². The van der Waals surface area contributed by atoms with Crippen molar-refractivity contribution in [3.05, 3.63) is 71.2 Å². The molecule has 5 heteroatoms. The van der Waals surface area contributed by atoms with Gasteiger partial charge in [-0.2, -0.15) is 0 Å². The van der Waals surface area contributed by atoms with Gasteiger partial charge in [-0.1, -0.05) is 0 Å². The summed E-state index contributed by atoms with van der Waals surface area (Å²) in [5, 5.41) is 0.0899. The Labute approximate surface area is 167 Å². The number of esters is 1. The van der Waals surface area contributed by atoms with Crippen LogP contribution in [0.1, 0.15) is 13.3 Å². The van der Waals surface area contributed by atoms with Crippen molar-refractivity contribution in [3.8, 4) is 0 Å². The van der Waals surface area contributed by atoms with Crippen molar-refractivity contribution in [2.24, 2.45) is 5.92 Å². The fraction of sp³-hybridized carbons (Fsp3) is 0.286. The summed E-state index contributed by atoms with van der Waals surface area (Å²) in [5.74, 6) is -0.0606. The molecule has 0 aromatic heterocycles. The minimum atomic E-state index is -0.185. The third-order valence-electron chi connectivity index (χ3n) is 4.01. The molecule has 26 heavy (non-hydrogen) atoms. The van der Waals surface area contributed by atoms with Crippen LogP contribution in [0.15, 0.2) is 71.2 Å². The quantitative estimate of drug-likeness (QED) is 0.345. The first-order valence-corrected chi connectivity index (χ1v) is 12.4. The standard InChI is InChI=1S/C21H22O3Se2/c1-2-23-20(22)19(15-25-16-9-5-3-6-10-16)18-13-14-24-21(18)26-17-11-7-4-8-12-17/h3-12,15,18,21H,2,13-14H2,1H3/b19-15+/t18-,21-/m0/s1. The van der Waals surface area contributed by atoms with E-state index in [1.807, 2.05) is 31.2 Å². The van der Waals surface area contributed by atoms with Crippen molar-refractivity contribution in [1.82, 2.24) is 0 Å². The zero-order valence-electron chi connectivity index (χ0n) is 14.7. The van der Waals surface area contributed by atoms with E-state index in [2.05, 4.69) is 41.4 Å². The molecule has 2 aromatic rings. The summed E-state index contributed by atoms with van der Waals surface area (Å²) in [4.78, 5) is 14.7. The molecule has 0 N–H and O–H groups in total. The van der Waals surface area contributed by atoms with Gasteiger partial charge in [-0.25, -0.2) is 0 Å². The molecule has 1 heterocycles. The Hall–Kier alpha value is -1.35. The normalized spacial score (nSPS) is 20.1. The predicted octanol–water partition coefficient (Wildman–Crippen LogP) is 1.86. The van der Waals surface area contributed by atoms with Crippen molar-refractivity contribution in [3.63, 3.8) is 0 Å². The summed E-state index contributed by atoms with van der Waals surface area (Å²) in [6, 6.07) is 20.7. The maximum absolute atomic E-state index is 12.6. The number of benzene rings is 2. The second-order valence-electron chi connectivity index (χ2n) is 5.79. The van der Waals surface area contributed by atoms with Crippen molar-refractivity contribution in [2.75, 3.05) is 13.2 Å². The molecule has 1 fully saturated rings. The summed E-state index contributed by atoms with van der Waals surface area (Å²) in [5.41, 5.74) is 0.802. The van der Waals surface area contributed by atoms with E-state index in [0.717, 1.165) is 12.0 Å². The number of carbonyl (C=O) groups is 1. The van der Waals surface area contributed by atoms with E-state index in [-0.39, 0.29) is 46.8 Å². The Bertz CT molecular complexity index is 731. The topological polar surface area (TPSA) is 35.5 Å². The zero-order valence-corrected chi connectivity index (χ0v) is 18.1. The van der Waals surface area contributed by atoms with Crippen LogP contribution in [-0.4, -0.2) is 54.1 Å². The first-order valence-electron chi connectivity index (χ1n) is 8.70. The molecule has 2 aromatic carbocycles. The van der Waals surface area contributed by atoms with Gasteiger partial charge in [0.05, 0.1) is 0 Å². The van der Waals surface area contributed by atoms with E-state index in [9.17, 15) is 4.79 Å². The van der Waals surface area contributed by atoms with Crippen LogP contribution in [0.3, 0.4) is 0 Å². The first kappa shape index (κ1) is 19.4. The minimum absolute atomic E-state index is 0.0899. The van der Waals surface area contributed by atoms with Crippen molar-refractivity contribution in [2.45, 2.75) is 18.3 Å². The van der Waals surface area contributed by atoms with Gasteiger partial charge < -0.3 is 0 Å². The monoisotopic (exact) mass is 482 g/mol. The predicted molar refractivity (Wildman–Crippen MR) is 106 cm³/mol. The summed E-state index contributed by atoms with van der Waals surface area (Å²) >= 11 is 0.282. The van der Waals surface area contributed by atoms with Gasteiger partial charge >= 0.3 is 168 Å². The van der Waals surface area contributed by atoms with Gasteiger partial charge in [0.2, 0.25) is 0 Å². The summed E-state index contributed by atoms with van der Waals surface area (Å²) in [6.07, 6.45) is 0.884. The number of ether oxygens (including phenoxy) is 2. The van der Waals surface area contributed by atoms with Gasteiger partial charge in [0.1, 0.15) is 0 Å². The molecular formula is C21H22O3Se2. The van der Waals surface area contributed by atoms with Crippen LogP contribution in [0.25, 0.3) is 0 Å². The van der Waals surface area contributed by atoms with Crippen LogP contribution in [-0.2, 0) is 14.3 Å². The van der Waals surface area contributed by atoms with Gasteiger partial charge in [-0.15, -0.1) is 0 Å². The number of hydrogen-bond acceptors (Lipinski definition) is 3. The third-order valence-corrected chi connectivity index (χ3v) is 8.54. The Morgan fingerprint density at radius 3 is 2.42 bits per heavy atom. The van der Waals surface area contributed by atoms with Gasteiger partial charge in [0, 0.05) is 0 Å². The van der Waals surface area contributed by atoms with Crippen LogP contribution in [0, 0.1) is 5.92 Å². The Morgan fingerprint density at radius 1 is 1.12 bits per heavy atom. The molecule has 1 aliphatic rings. The molecule has 0 bridgehead atoms. The molecule has 0 saturated carbocycles. The van der Waals surface area contributed by atoms with Gasteiger partial charge in [0.25, 0.3) is 0 Å². The molecule has 0 spiro atoms. The van der Waals surface area contributed by atoms with E-state index >= 15 is 0 Å². The zero-order chi connectivity index (χ0) is 18.2. The van der Waals surface area contributed by atoms with E-state index in [0.29, 0.717) is 13.2 Å². The van der Waals surface area contributed by atoms with Crippen molar-refractivity contribution in [1.29, 1.82) is 0 Å². The second kappa shape index (κ2) is 10.1. The summed E-state index contributed by atoms with van der Waals surface area (Å²) in [7, 11) is 0. The Kier molecular flexibility index (Phi) is 7.54. The fourth-order valence-corrected chi connectivity index (χ4v) is 7.03. The van der Waals surface area contributed by atoms with Crippen LogP contribution >= 0.6 is 0 Å². The first-order chi connectivity index (χ1) is 12.8. The number of hydrogen-bond donors (Lipinski definition) is 0. The molecule has 1 aliphatic heterocycles. The third kappa shape index (κ3) is 5.32.